The van der Waals surface area contributed by atoms with Crippen LogP contribution >= 0.6 is 12.2 Å². The zero-order valence-electron chi connectivity index (χ0n) is 13.8. The van der Waals surface area contributed by atoms with E-state index in [1.807, 2.05) is 0 Å². The molecular weight excluding hydrogens is 306 g/mol. The van der Waals surface area contributed by atoms with Crippen molar-refractivity contribution in [2.75, 3.05) is 31.6 Å². The number of nitrogens with zero attached hydrogens (tertiary/aromatic N) is 1. The fourth-order valence-electron chi connectivity index (χ4n) is 3.11. The van der Waals surface area contributed by atoms with E-state index in [0.29, 0.717) is 23.6 Å². The minimum Gasteiger partial charge on any atom is -0.366 e. The van der Waals surface area contributed by atoms with Crippen molar-refractivity contribution in [2.45, 2.75) is 52.2 Å². The molecule has 0 spiro atoms. The quantitative estimate of drug-likeness (QED) is 0.651. The van der Waals surface area contributed by atoms with E-state index in [1.54, 1.807) is 7.05 Å². The Labute approximate surface area is 135 Å². The maximum absolute atomic E-state index is 11.7. The summed E-state index contributed by atoms with van der Waals surface area (Å²) < 4.78 is 23.4. The lowest BCUT2D eigenvalue weighted by atomic mass is 10.2. The highest BCUT2D eigenvalue weighted by atomic mass is 32.2. The number of quaternary nitrogens is 1. The molecule has 7 heteroatoms. The lowest BCUT2D eigenvalue weighted by Gasteiger charge is -2.34. The molecule has 2 N–H and O–H groups in total. The first-order valence-corrected chi connectivity index (χ1v) is 9.95. The fourth-order valence-corrected chi connectivity index (χ4v) is 5.08. The molecule has 0 aromatic heterocycles. The first-order chi connectivity index (χ1) is 9.68. The van der Waals surface area contributed by atoms with Gasteiger partial charge in [0, 0.05) is 13.1 Å². The third kappa shape index (κ3) is 5.38. The zero-order chi connectivity index (χ0) is 16.2. The summed E-state index contributed by atoms with van der Waals surface area (Å²) in [5, 5.41) is 3.66. The van der Waals surface area contributed by atoms with E-state index < -0.39 is 9.84 Å². The topological polar surface area (TPSA) is 53.9 Å². The van der Waals surface area contributed by atoms with E-state index in [1.165, 1.54) is 4.90 Å². The molecule has 1 aliphatic heterocycles. The van der Waals surface area contributed by atoms with E-state index in [-0.39, 0.29) is 17.5 Å². The van der Waals surface area contributed by atoms with Gasteiger partial charge in [-0.2, -0.15) is 0 Å². The standard InChI is InChI=1S/C14H29N3O2S2/c1-11(2)16(12(3)4)7-8-17(14(20)15-5)13-6-9-21(18,19)10-13/h11-13H,6-10H2,1-5H3,(H,15,20)/p+1/t13-/m0/s1. The Morgan fingerprint density at radius 1 is 1.33 bits per heavy atom. The Balaban J connectivity index is 2.74. The number of rotatable bonds is 6. The molecule has 0 amide bonds. The van der Waals surface area contributed by atoms with Crippen molar-refractivity contribution in [1.29, 1.82) is 0 Å². The van der Waals surface area contributed by atoms with Gasteiger partial charge in [0.25, 0.3) is 0 Å². The molecule has 1 rings (SSSR count). The van der Waals surface area contributed by atoms with Crippen LogP contribution in [-0.2, 0) is 9.84 Å². The fraction of sp³-hybridized carbons (Fsp3) is 0.929. The van der Waals surface area contributed by atoms with E-state index >= 15 is 0 Å². The number of hydrogen-bond acceptors (Lipinski definition) is 3. The van der Waals surface area contributed by atoms with Gasteiger partial charge < -0.3 is 15.1 Å². The molecule has 1 fully saturated rings. The van der Waals surface area contributed by atoms with E-state index in [0.717, 1.165) is 13.1 Å². The van der Waals surface area contributed by atoms with Crippen LogP contribution in [0.2, 0.25) is 0 Å². The summed E-state index contributed by atoms with van der Waals surface area (Å²) >= 11 is 5.38. The van der Waals surface area contributed by atoms with Crippen molar-refractivity contribution in [3.05, 3.63) is 0 Å². The lowest BCUT2D eigenvalue weighted by Crippen LogP contribution is -3.18. The van der Waals surface area contributed by atoms with E-state index in [4.69, 9.17) is 12.2 Å². The zero-order valence-corrected chi connectivity index (χ0v) is 15.5. The molecule has 0 bridgehead atoms. The van der Waals surface area contributed by atoms with Crippen LogP contribution < -0.4 is 10.2 Å². The van der Waals surface area contributed by atoms with Gasteiger partial charge in [-0.15, -0.1) is 0 Å². The summed E-state index contributed by atoms with van der Waals surface area (Å²) in [5.41, 5.74) is 0. The van der Waals surface area contributed by atoms with Crippen LogP contribution in [0.5, 0.6) is 0 Å². The lowest BCUT2D eigenvalue weighted by molar-refractivity contribution is -0.941. The Morgan fingerprint density at radius 3 is 2.29 bits per heavy atom. The van der Waals surface area contributed by atoms with Crippen LogP contribution in [0.25, 0.3) is 0 Å². The first-order valence-electron chi connectivity index (χ1n) is 7.72. The highest BCUT2D eigenvalue weighted by Gasteiger charge is 2.34. The number of thiocarbonyl (C=S) groups is 1. The normalized spacial score (nSPS) is 21.2. The van der Waals surface area contributed by atoms with Crippen molar-refractivity contribution in [1.82, 2.24) is 10.2 Å². The van der Waals surface area contributed by atoms with Crippen LogP contribution in [0, 0.1) is 0 Å². The minimum absolute atomic E-state index is 0.0236. The molecule has 0 aromatic carbocycles. The van der Waals surface area contributed by atoms with Gasteiger partial charge in [-0.1, -0.05) is 0 Å². The number of hydrogen-bond donors (Lipinski definition) is 2. The van der Waals surface area contributed by atoms with E-state index in [9.17, 15) is 8.42 Å². The van der Waals surface area contributed by atoms with Crippen molar-refractivity contribution in [3.63, 3.8) is 0 Å². The monoisotopic (exact) mass is 336 g/mol. The molecule has 1 atom stereocenters. The maximum atomic E-state index is 11.7. The number of sulfone groups is 1. The molecule has 0 unspecified atom stereocenters. The van der Waals surface area contributed by atoms with Gasteiger partial charge in [-0.25, -0.2) is 8.42 Å². The molecule has 21 heavy (non-hydrogen) atoms. The summed E-state index contributed by atoms with van der Waals surface area (Å²) in [5.74, 6) is 0.513. The van der Waals surface area contributed by atoms with Crippen LogP contribution in [0.4, 0.5) is 0 Å². The number of nitrogens with one attached hydrogen (secondary N) is 2. The van der Waals surface area contributed by atoms with Gasteiger partial charge in [0.2, 0.25) is 0 Å². The molecule has 0 aromatic rings. The van der Waals surface area contributed by atoms with Crippen LogP contribution in [0.15, 0.2) is 0 Å². The van der Waals surface area contributed by atoms with Gasteiger partial charge >= 0.3 is 0 Å². The molecule has 0 radical (unpaired) electrons. The summed E-state index contributed by atoms with van der Waals surface area (Å²) in [7, 11) is -1.09. The highest BCUT2D eigenvalue weighted by Crippen LogP contribution is 2.17. The van der Waals surface area contributed by atoms with Crippen LogP contribution in [0.3, 0.4) is 0 Å². The molecule has 0 aliphatic carbocycles. The third-order valence-corrected chi connectivity index (χ3v) is 6.44. The third-order valence-electron chi connectivity index (χ3n) is 4.25. The molecule has 0 saturated carbocycles. The summed E-state index contributed by atoms with van der Waals surface area (Å²) in [6.07, 6.45) is 0.683. The Morgan fingerprint density at radius 2 is 1.90 bits per heavy atom. The van der Waals surface area contributed by atoms with Gasteiger partial charge in [0.15, 0.2) is 14.9 Å². The van der Waals surface area contributed by atoms with Crippen LogP contribution in [0.1, 0.15) is 34.1 Å². The van der Waals surface area contributed by atoms with Crippen LogP contribution in [-0.4, -0.2) is 68.2 Å². The molecule has 1 saturated heterocycles. The largest absolute Gasteiger partial charge is 0.366 e. The molecule has 5 nitrogen and oxygen atoms in total. The summed E-state index contributed by atoms with van der Waals surface area (Å²) in [6, 6.07) is 1.11. The smallest absolute Gasteiger partial charge is 0.169 e. The maximum Gasteiger partial charge on any atom is 0.169 e. The van der Waals surface area contributed by atoms with Gasteiger partial charge in [0.05, 0.1) is 36.7 Å². The van der Waals surface area contributed by atoms with Crippen molar-refractivity contribution < 1.29 is 13.3 Å². The molecule has 1 aliphatic rings. The molecule has 124 valence electrons. The van der Waals surface area contributed by atoms with E-state index in [2.05, 4.69) is 37.9 Å². The predicted molar refractivity (Wildman–Crippen MR) is 91.5 cm³/mol. The van der Waals surface area contributed by atoms with Crippen molar-refractivity contribution in [3.8, 4) is 0 Å². The van der Waals surface area contributed by atoms with Crippen molar-refractivity contribution in [2.24, 2.45) is 0 Å². The Bertz CT molecular complexity index is 441. The highest BCUT2D eigenvalue weighted by molar-refractivity contribution is 7.91. The molecule has 1 heterocycles. The summed E-state index contributed by atoms with van der Waals surface area (Å²) in [4.78, 5) is 3.59. The SMILES string of the molecule is CNC(=S)N(CC[NH+](C(C)C)C(C)C)[C@H]1CCS(=O)(=O)C1. The average molecular weight is 337 g/mol. The predicted octanol–water partition coefficient (Wildman–Crippen LogP) is -0.318. The first kappa shape index (κ1) is 18.6. The van der Waals surface area contributed by atoms with Gasteiger partial charge in [-0.3, -0.25) is 0 Å². The summed E-state index contributed by atoms with van der Waals surface area (Å²) in [6.45, 7) is 10.6. The Kier molecular flexibility index (Phi) is 6.87. The van der Waals surface area contributed by atoms with Gasteiger partial charge in [0.1, 0.15) is 0 Å². The second-order valence-corrected chi connectivity index (χ2v) is 9.06. The molecular formula is C14H30N3O2S2+. The van der Waals surface area contributed by atoms with Crippen molar-refractivity contribution >= 4 is 27.2 Å². The Hall–Kier alpha value is -0.400. The second-order valence-electron chi connectivity index (χ2n) is 6.44. The van der Waals surface area contributed by atoms with Gasteiger partial charge in [-0.05, 0) is 46.3 Å². The average Bonchev–Trinajstić information content (AvgIpc) is 2.73. The second kappa shape index (κ2) is 7.74. The minimum atomic E-state index is -2.89.